The van der Waals surface area contributed by atoms with Gasteiger partial charge >= 0.3 is 18.3 Å². The highest BCUT2D eigenvalue weighted by Gasteiger charge is 2.37. The van der Waals surface area contributed by atoms with Crippen molar-refractivity contribution in [3.05, 3.63) is 46.5 Å². The number of amides is 1. The number of ether oxygens (including phenoxy) is 1. The minimum Gasteiger partial charge on any atom is -0.469 e. The average Bonchev–Trinajstić information content (AvgIpc) is 2.91. The smallest absolute Gasteiger partial charge is 0.416 e. The molecule has 10 heteroatoms. The van der Waals surface area contributed by atoms with Crippen LogP contribution in [0.2, 0.25) is 0 Å². The molecule has 0 N–H and O–H groups in total. The molecule has 1 aliphatic heterocycles. The van der Waals surface area contributed by atoms with Gasteiger partial charge in [-0.3, -0.25) is 9.59 Å². The van der Waals surface area contributed by atoms with Gasteiger partial charge in [-0.05, 0) is 30.2 Å². The molecular weight excluding hydrogens is 380 g/mol. The fraction of sp³-hybridized carbons (Fsp3) is 0.412. The fourth-order valence-electron chi connectivity index (χ4n) is 2.61. The van der Waals surface area contributed by atoms with Crippen LogP contribution in [-0.4, -0.2) is 30.4 Å². The summed E-state index contributed by atoms with van der Waals surface area (Å²) in [5, 5.41) is 0. The van der Waals surface area contributed by atoms with Gasteiger partial charge < -0.3 is 9.64 Å². The van der Waals surface area contributed by atoms with Crippen molar-refractivity contribution in [3.63, 3.8) is 0 Å². The molecule has 0 bridgehead atoms. The Labute approximate surface area is 150 Å². The van der Waals surface area contributed by atoms with Gasteiger partial charge in [0.15, 0.2) is 0 Å². The van der Waals surface area contributed by atoms with Crippen LogP contribution in [0.25, 0.3) is 0 Å². The second kappa shape index (κ2) is 7.61. The van der Waals surface area contributed by atoms with Gasteiger partial charge in [0.25, 0.3) is 0 Å². The Kier molecular flexibility index (Phi) is 5.86. The second-order valence-corrected chi connectivity index (χ2v) is 5.91. The quantitative estimate of drug-likeness (QED) is 0.560. The number of methoxy groups -OCH3 is 1. The first kappa shape index (κ1) is 20.8. The van der Waals surface area contributed by atoms with E-state index in [0.29, 0.717) is 12.1 Å². The number of alkyl halides is 6. The molecule has 0 saturated carbocycles. The zero-order chi connectivity index (χ0) is 20.4. The third-order valence-corrected chi connectivity index (χ3v) is 3.97. The molecule has 0 spiro atoms. The van der Waals surface area contributed by atoms with Crippen LogP contribution in [0.1, 0.15) is 29.5 Å². The van der Waals surface area contributed by atoms with Crippen molar-refractivity contribution in [1.29, 1.82) is 0 Å². The number of benzene rings is 1. The Bertz CT molecular complexity index is 735. The fourth-order valence-corrected chi connectivity index (χ4v) is 2.61. The van der Waals surface area contributed by atoms with E-state index in [-0.39, 0.29) is 36.6 Å². The molecule has 1 amide bonds. The molecule has 0 atom stereocenters. The predicted octanol–water partition coefficient (Wildman–Crippen LogP) is 3.95. The lowest BCUT2D eigenvalue weighted by Crippen LogP contribution is -2.27. The van der Waals surface area contributed by atoms with Crippen LogP contribution in [0.4, 0.5) is 26.3 Å². The third-order valence-electron chi connectivity index (χ3n) is 3.97. The van der Waals surface area contributed by atoms with Crippen molar-refractivity contribution >= 4 is 11.9 Å². The van der Waals surface area contributed by atoms with E-state index in [1.807, 2.05) is 0 Å². The Balaban J connectivity index is 2.18. The summed E-state index contributed by atoms with van der Waals surface area (Å²) in [5.74, 6) is -1.07. The van der Waals surface area contributed by atoms with Crippen molar-refractivity contribution in [3.8, 4) is 0 Å². The summed E-state index contributed by atoms with van der Waals surface area (Å²) >= 11 is 0. The molecule has 0 aromatic heterocycles. The Morgan fingerprint density at radius 1 is 1.07 bits per heavy atom. The summed E-state index contributed by atoms with van der Waals surface area (Å²) in [5.41, 5.74) is -2.88. The Hall–Kier alpha value is -2.52. The lowest BCUT2D eigenvalue weighted by Gasteiger charge is -2.19. The standard InChI is InChI=1S/C17H15F6NO3/c1-27-14(25)3-2-11-4-5-24(15(11)26)9-10-6-12(16(18,19)20)8-13(7-10)17(21,22)23/h4,6-8H,2-3,5,9H2,1H3. The van der Waals surface area contributed by atoms with Crippen LogP contribution in [-0.2, 0) is 33.2 Å². The van der Waals surface area contributed by atoms with Crippen molar-refractivity contribution in [2.45, 2.75) is 31.7 Å². The van der Waals surface area contributed by atoms with Gasteiger partial charge in [-0.15, -0.1) is 0 Å². The first-order chi connectivity index (χ1) is 12.4. The van der Waals surface area contributed by atoms with E-state index >= 15 is 0 Å². The highest BCUT2D eigenvalue weighted by atomic mass is 19.4. The lowest BCUT2D eigenvalue weighted by atomic mass is 10.0. The molecule has 1 aromatic carbocycles. The maximum Gasteiger partial charge on any atom is 0.416 e. The summed E-state index contributed by atoms with van der Waals surface area (Å²) in [7, 11) is 1.19. The van der Waals surface area contributed by atoms with Gasteiger partial charge in [0.1, 0.15) is 0 Å². The molecule has 0 saturated heterocycles. The SMILES string of the molecule is COC(=O)CCC1=CCN(Cc2cc(C(F)(F)F)cc(C(F)(F)F)c2)C1=O. The number of esters is 1. The van der Waals surface area contributed by atoms with Crippen LogP contribution >= 0.6 is 0 Å². The number of halogens is 6. The number of hydrogen-bond acceptors (Lipinski definition) is 3. The minimum absolute atomic E-state index is 0.0347. The van der Waals surface area contributed by atoms with E-state index in [1.165, 1.54) is 13.2 Å². The van der Waals surface area contributed by atoms with E-state index in [0.717, 1.165) is 4.90 Å². The van der Waals surface area contributed by atoms with Gasteiger partial charge in [0, 0.05) is 25.1 Å². The van der Waals surface area contributed by atoms with E-state index < -0.39 is 41.9 Å². The van der Waals surface area contributed by atoms with Gasteiger partial charge in [0.2, 0.25) is 5.91 Å². The molecule has 1 aromatic rings. The topological polar surface area (TPSA) is 46.6 Å². The molecule has 1 aliphatic rings. The molecule has 0 aliphatic carbocycles. The first-order valence-electron chi connectivity index (χ1n) is 7.75. The zero-order valence-electron chi connectivity index (χ0n) is 14.1. The maximum absolute atomic E-state index is 12.9. The summed E-state index contributed by atoms with van der Waals surface area (Å²) in [4.78, 5) is 24.5. The number of nitrogens with zero attached hydrogens (tertiary/aromatic N) is 1. The average molecular weight is 395 g/mol. The van der Waals surface area contributed by atoms with Crippen LogP contribution in [0.3, 0.4) is 0 Å². The number of carbonyl (C=O) groups is 2. The van der Waals surface area contributed by atoms with Crippen LogP contribution < -0.4 is 0 Å². The third kappa shape index (κ3) is 5.24. The van der Waals surface area contributed by atoms with Crippen LogP contribution in [0.15, 0.2) is 29.8 Å². The summed E-state index contributed by atoms with van der Waals surface area (Å²) in [6.07, 6.45) is -8.38. The molecule has 148 valence electrons. The molecule has 0 unspecified atom stereocenters. The highest BCUT2D eigenvalue weighted by molar-refractivity contribution is 5.96. The van der Waals surface area contributed by atoms with Crippen molar-refractivity contribution < 1.29 is 40.7 Å². The molecule has 1 heterocycles. The van der Waals surface area contributed by atoms with E-state index in [9.17, 15) is 35.9 Å². The molecule has 2 rings (SSSR count). The first-order valence-corrected chi connectivity index (χ1v) is 7.75. The van der Waals surface area contributed by atoms with Gasteiger partial charge in [0.05, 0.1) is 18.2 Å². The highest BCUT2D eigenvalue weighted by Crippen LogP contribution is 2.36. The number of rotatable bonds is 5. The van der Waals surface area contributed by atoms with Crippen molar-refractivity contribution in [1.82, 2.24) is 4.90 Å². The van der Waals surface area contributed by atoms with E-state index in [4.69, 9.17) is 0 Å². The minimum atomic E-state index is -4.95. The molecular formula is C17H15F6NO3. The van der Waals surface area contributed by atoms with E-state index in [1.54, 1.807) is 0 Å². The Morgan fingerprint density at radius 3 is 2.11 bits per heavy atom. The lowest BCUT2D eigenvalue weighted by molar-refractivity contribution is -0.143. The largest absolute Gasteiger partial charge is 0.469 e. The molecule has 4 nitrogen and oxygen atoms in total. The second-order valence-electron chi connectivity index (χ2n) is 5.91. The number of carbonyl (C=O) groups excluding carboxylic acids is 2. The van der Waals surface area contributed by atoms with Crippen LogP contribution in [0.5, 0.6) is 0 Å². The normalized spacial score (nSPS) is 15.1. The predicted molar refractivity (Wildman–Crippen MR) is 81.2 cm³/mol. The van der Waals surface area contributed by atoms with Crippen molar-refractivity contribution in [2.24, 2.45) is 0 Å². The van der Waals surface area contributed by atoms with Crippen LogP contribution in [0, 0.1) is 0 Å². The molecule has 27 heavy (non-hydrogen) atoms. The Morgan fingerprint density at radius 2 is 1.63 bits per heavy atom. The summed E-state index contributed by atoms with van der Waals surface area (Å²) in [6.45, 7) is -0.378. The summed E-state index contributed by atoms with van der Waals surface area (Å²) < 4.78 is 81.8. The summed E-state index contributed by atoms with van der Waals surface area (Å²) in [6, 6.07) is 1.22. The van der Waals surface area contributed by atoms with E-state index in [2.05, 4.69) is 4.74 Å². The monoisotopic (exact) mass is 395 g/mol. The van der Waals surface area contributed by atoms with Crippen molar-refractivity contribution in [2.75, 3.05) is 13.7 Å². The zero-order valence-corrected chi connectivity index (χ0v) is 14.1. The van der Waals surface area contributed by atoms with Gasteiger partial charge in [-0.2, -0.15) is 26.3 Å². The molecule has 0 fully saturated rings. The number of hydrogen-bond donors (Lipinski definition) is 0. The molecule has 0 radical (unpaired) electrons. The van der Waals surface area contributed by atoms with Gasteiger partial charge in [-0.25, -0.2) is 0 Å². The maximum atomic E-state index is 12.9. The van der Waals surface area contributed by atoms with Gasteiger partial charge in [-0.1, -0.05) is 6.08 Å².